The molecule has 35 heavy (non-hydrogen) atoms. The Morgan fingerprint density at radius 2 is 1.97 bits per heavy atom. The van der Waals surface area contributed by atoms with E-state index in [4.69, 9.17) is 9.47 Å². The van der Waals surface area contributed by atoms with E-state index >= 15 is 0 Å². The number of aromatic hydroxyl groups is 1. The van der Waals surface area contributed by atoms with Gasteiger partial charge in [0.2, 0.25) is 5.82 Å². The molecule has 0 amide bonds. The molecule has 2 atom stereocenters. The Hall–Kier alpha value is -3.69. The van der Waals surface area contributed by atoms with Crippen molar-refractivity contribution in [3.63, 3.8) is 0 Å². The highest BCUT2D eigenvalue weighted by Crippen LogP contribution is 2.34. The predicted molar refractivity (Wildman–Crippen MR) is 130 cm³/mol. The maximum Gasteiger partial charge on any atom is 0.207 e. The van der Waals surface area contributed by atoms with Gasteiger partial charge in [0.25, 0.3) is 0 Å². The van der Waals surface area contributed by atoms with Gasteiger partial charge in [-0.15, -0.1) is 0 Å². The van der Waals surface area contributed by atoms with Crippen LogP contribution in [-0.2, 0) is 11.3 Å². The third kappa shape index (κ3) is 5.87. The zero-order valence-electron chi connectivity index (χ0n) is 19.7. The van der Waals surface area contributed by atoms with Crippen molar-refractivity contribution in [2.24, 2.45) is 0 Å². The molecular formula is C29H28FNO4. The van der Waals surface area contributed by atoms with Crippen LogP contribution in [0.15, 0.2) is 60.7 Å². The van der Waals surface area contributed by atoms with Crippen LogP contribution in [0.3, 0.4) is 0 Å². The molecule has 0 spiro atoms. The van der Waals surface area contributed by atoms with Gasteiger partial charge in [-0.1, -0.05) is 36.4 Å². The number of carbonyl (C=O) groups is 1. The smallest absolute Gasteiger partial charge is 0.207 e. The van der Waals surface area contributed by atoms with Gasteiger partial charge in [0.15, 0.2) is 17.3 Å². The fraction of sp³-hybridized carbons (Fsp3) is 0.310. The highest BCUT2D eigenvalue weighted by Gasteiger charge is 2.23. The molecule has 1 N–H and O–H groups in total. The van der Waals surface area contributed by atoms with Gasteiger partial charge in [0.05, 0.1) is 23.3 Å². The normalized spacial score (nSPS) is 16.3. The van der Waals surface area contributed by atoms with Crippen molar-refractivity contribution in [3.8, 4) is 17.6 Å². The molecule has 1 saturated heterocycles. The Bertz CT molecular complexity index is 1230. The number of nitriles is 1. The van der Waals surface area contributed by atoms with E-state index < -0.39 is 17.3 Å². The fourth-order valence-electron chi connectivity index (χ4n) is 4.49. The molecule has 1 fully saturated rings. The maximum atomic E-state index is 14.4. The van der Waals surface area contributed by atoms with E-state index in [0.29, 0.717) is 5.56 Å². The molecular weight excluding hydrogens is 445 g/mol. The molecule has 180 valence electrons. The summed E-state index contributed by atoms with van der Waals surface area (Å²) in [6.45, 7) is 2.16. The Labute approximate surface area is 204 Å². The summed E-state index contributed by atoms with van der Waals surface area (Å²) in [6, 6.07) is 20.5. The Balaban J connectivity index is 1.51. The SMILES string of the molecule is CC(=O)c1ccc(OCc2ccc(C(CC3CCCCO3)c3cccc(C#N)c3)cc2)c(F)c1O. The second-order valence-electron chi connectivity index (χ2n) is 8.87. The molecule has 0 aliphatic carbocycles. The molecule has 3 aromatic carbocycles. The molecule has 6 heteroatoms. The third-order valence-corrected chi connectivity index (χ3v) is 6.43. The zero-order chi connectivity index (χ0) is 24.8. The van der Waals surface area contributed by atoms with Crippen molar-refractivity contribution in [3.05, 3.63) is 94.3 Å². The van der Waals surface area contributed by atoms with Crippen LogP contribution in [0.1, 0.15) is 71.1 Å². The highest BCUT2D eigenvalue weighted by atomic mass is 19.1. The van der Waals surface area contributed by atoms with Crippen molar-refractivity contribution in [1.29, 1.82) is 5.26 Å². The highest BCUT2D eigenvalue weighted by molar-refractivity contribution is 5.96. The second kappa shape index (κ2) is 11.2. The molecule has 1 aliphatic heterocycles. The van der Waals surface area contributed by atoms with Gasteiger partial charge in [-0.3, -0.25) is 4.79 Å². The minimum atomic E-state index is -0.945. The lowest BCUT2D eigenvalue weighted by Gasteiger charge is -2.28. The lowest BCUT2D eigenvalue weighted by Crippen LogP contribution is -2.22. The van der Waals surface area contributed by atoms with E-state index in [9.17, 15) is 19.6 Å². The number of Topliss-reactive ketones (excluding diaryl/α,β-unsaturated/α-hetero) is 1. The number of phenols is 1. The van der Waals surface area contributed by atoms with Gasteiger partial charge < -0.3 is 14.6 Å². The molecule has 1 heterocycles. The number of ether oxygens (including phenoxy) is 2. The Morgan fingerprint density at radius 1 is 1.17 bits per heavy atom. The number of carbonyl (C=O) groups excluding carboxylic acids is 1. The second-order valence-corrected chi connectivity index (χ2v) is 8.87. The lowest BCUT2D eigenvalue weighted by atomic mass is 9.84. The predicted octanol–water partition coefficient (Wildman–Crippen LogP) is 6.28. The number of hydrogen-bond acceptors (Lipinski definition) is 5. The summed E-state index contributed by atoms with van der Waals surface area (Å²) in [4.78, 5) is 11.5. The molecule has 0 saturated carbocycles. The fourth-order valence-corrected chi connectivity index (χ4v) is 4.49. The van der Waals surface area contributed by atoms with Crippen LogP contribution in [0, 0.1) is 17.1 Å². The summed E-state index contributed by atoms with van der Waals surface area (Å²) in [5.74, 6) is -2.10. The van der Waals surface area contributed by atoms with Crippen molar-refractivity contribution < 1.29 is 23.8 Å². The van der Waals surface area contributed by atoms with Gasteiger partial charge in [0, 0.05) is 12.5 Å². The van der Waals surface area contributed by atoms with E-state index in [-0.39, 0.29) is 29.9 Å². The largest absolute Gasteiger partial charge is 0.504 e. The molecule has 3 aromatic rings. The van der Waals surface area contributed by atoms with E-state index in [1.807, 2.05) is 42.5 Å². The first-order valence-corrected chi connectivity index (χ1v) is 11.8. The number of nitrogens with zero attached hydrogens (tertiary/aromatic N) is 1. The first kappa shape index (κ1) is 24.4. The molecule has 0 aromatic heterocycles. The molecule has 5 nitrogen and oxygen atoms in total. The van der Waals surface area contributed by atoms with Crippen LogP contribution in [0.2, 0.25) is 0 Å². The first-order valence-electron chi connectivity index (χ1n) is 11.8. The summed E-state index contributed by atoms with van der Waals surface area (Å²) in [7, 11) is 0. The molecule has 2 unspecified atom stereocenters. The molecule has 0 bridgehead atoms. The number of rotatable bonds is 8. The summed E-state index contributed by atoms with van der Waals surface area (Å²) in [5.41, 5.74) is 3.57. The minimum Gasteiger partial charge on any atom is -0.504 e. The minimum absolute atomic E-state index is 0.0762. The summed E-state index contributed by atoms with van der Waals surface area (Å²) in [6.07, 6.45) is 4.29. The molecule has 4 rings (SSSR count). The van der Waals surface area contributed by atoms with Gasteiger partial charge in [-0.25, -0.2) is 0 Å². The number of phenolic OH excluding ortho intramolecular Hbond substituents is 1. The number of hydrogen-bond donors (Lipinski definition) is 1. The van der Waals surface area contributed by atoms with E-state index in [0.717, 1.165) is 49.0 Å². The van der Waals surface area contributed by atoms with Gasteiger partial charge in [0.1, 0.15) is 6.61 Å². The average molecular weight is 474 g/mol. The monoisotopic (exact) mass is 473 g/mol. The van der Waals surface area contributed by atoms with Crippen LogP contribution in [-0.4, -0.2) is 23.6 Å². The van der Waals surface area contributed by atoms with E-state index in [2.05, 4.69) is 6.07 Å². The topological polar surface area (TPSA) is 79.5 Å². The van der Waals surface area contributed by atoms with Crippen molar-refractivity contribution >= 4 is 5.78 Å². The summed E-state index contributed by atoms with van der Waals surface area (Å²) >= 11 is 0. The quantitative estimate of drug-likeness (QED) is 0.390. The number of benzene rings is 3. The van der Waals surface area contributed by atoms with E-state index in [1.54, 1.807) is 6.07 Å². The number of halogens is 1. The average Bonchev–Trinajstić information content (AvgIpc) is 2.89. The van der Waals surface area contributed by atoms with Crippen molar-refractivity contribution in [2.75, 3.05) is 6.61 Å². The lowest BCUT2D eigenvalue weighted by molar-refractivity contribution is 0.00891. The van der Waals surface area contributed by atoms with E-state index in [1.165, 1.54) is 19.1 Å². The van der Waals surface area contributed by atoms with Gasteiger partial charge in [-0.2, -0.15) is 9.65 Å². The van der Waals surface area contributed by atoms with Crippen LogP contribution in [0.4, 0.5) is 4.39 Å². The molecule has 0 radical (unpaired) electrons. The Kier molecular flexibility index (Phi) is 7.79. The van der Waals surface area contributed by atoms with Gasteiger partial charge >= 0.3 is 0 Å². The standard InChI is InChI=1S/C29H28FNO4/c1-19(32)25-12-13-27(28(30)29(25)33)35-18-20-8-10-22(11-9-20)26(16-24-7-2-3-14-34-24)23-6-4-5-21(15-23)17-31/h4-6,8-13,15,24,26,33H,2-3,7,14,16,18H2,1H3. The first-order chi connectivity index (χ1) is 17.0. The maximum absolute atomic E-state index is 14.4. The van der Waals surface area contributed by atoms with Crippen molar-refractivity contribution in [1.82, 2.24) is 0 Å². The van der Waals surface area contributed by atoms with Crippen molar-refractivity contribution in [2.45, 2.75) is 51.2 Å². The van der Waals surface area contributed by atoms with Crippen LogP contribution >= 0.6 is 0 Å². The van der Waals surface area contributed by atoms with Crippen LogP contribution in [0.5, 0.6) is 11.5 Å². The molecule has 1 aliphatic rings. The van der Waals surface area contributed by atoms with Gasteiger partial charge in [-0.05, 0) is 73.6 Å². The Morgan fingerprint density at radius 3 is 2.66 bits per heavy atom. The summed E-state index contributed by atoms with van der Waals surface area (Å²) < 4.78 is 26.0. The summed E-state index contributed by atoms with van der Waals surface area (Å²) in [5, 5.41) is 19.3. The zero-order valence-corrected chi connectivity index (χ0v) is 19.7. The number of ketones is 1. The van der Waals surface area contributed by atoms with Crippen LogP contribution in [0.25, 0.3) is 0 Å². The van der Waals surface area contributed by atoms with Crippen LogP contribution < -0.4 is 4.74 Å². The third-order valence-electron chi connectivity index (χ3n) is 6.43.